The third-order valence-corrected chi connectivity index (χ3v) is 3.35. The van der Waals surface area contributed by atoms with Crippen molar-refractivity contribution in [2.24, 2.45) is 5.92 Å². The summed E-state index contributed by atoms with van der Waals surface area (Å²) in [4.78, 5) is 36.3. The van der Waals surface area contributed by atoms with E-state index in [1.54, 1.807) is 0 Å². The lowest BCUT2D eigenvalue weighted by Gasteiger charge is -2.22. The third-order valence-electron chi connectivity index (χ3n) is 3.35. The summed E-state index contributed by atoms with van der Waals surface area (Å²) < 4.78 is 0. The Balaban J connectivity index is 2.51. The molecule has 0 spiro atoms. The Labute approximate surface area is 119 Å². The van der Waals surface area contributed by atoms with E-state index in [0.717, 1.165) is 19.3 Å². The van der Waals surface area contributed by atoms with Crippen LogP contribution in [0, 0.1) is 5.92 Å². The molecular formula is C14H24N2O4. The molecule has 1 aliphatic heterocycles. The topological polar surface area (TPSA) is 86.7 Å². The monoisotopic (exact) mass is 284 g/mol. The lowest BCUT2D eigenvalue weighted by atomic mass is 10.0. The zero-order chi connectivity index (χ0) is 15.1. The van der Waals surface area contributed by atoms with Gasteiger partial charge in [0.15, 0.2) is 0 Å². The van der Waals surface area contributed by atoms with E-state index in [4.69, 9.17) is 5.11 Å². The molecule has 1 rings (SSSR count). The number of amides is 2. The van der Waals surface area contributed by atoms with Gasteiger partial charge in [0.2, 0.25) is 11.8 Å². The molecule has 1 fully saturated rings. The molecule has 0 aromatic rings. The highest BCUT2D eigenvalue weighted by Crippen LogP contribution is 2.11. The highest BCUT2D eigenvalue weighted by Gasteiger charge is 2.24. The molecule has 0 radical (unpaired) electrons. The molecule has 1 atom stereocenters. The molecule has 0 unspecified atom stereocenters. The summed E-state index contributed by atoms with van der Waals surface area (Å²) in [6.07, 6.45) is 3.61. The van der Waals surface area contributed by atoms with E-state index < -0.39 is 17.9 Å². The van der Waals surface area contributed by atoms with Crippen molar-refractivity contribution in [1.82, 2.24) is 10.2 Å². The standard InChI is InChI=1S/C14H24N2O4/c1-10(2)8-11(14(19)20)15-12(17)9-16-7-5-3-4-6-13(16)18/h10-11H,3-9H2,1-2H3,(H,15,17)(H,19,20)/t11-/m1/s1. The molecule has 1 saturated heterocycles. The Morgan fingerprint density at radius 1 is 1.30 bits per heavy atom. The van der Waals surface area contributed by atoms with Gasteiger partial charge in [0.05, 0.1) is 6.54 Å². The number of nitrogens with one attached hydrogen (secondary N) is 1. The lowest BCUT2D eigenvalue weighted by Crippen LogP contribution is -2.47. The number of rotatable bonds is 6. The summed E-state index contributed by atoms with van der Waals surface area (Å²) in [5.74, 6) is -1.27. The normalized spacial score (nSPS) is 17.8. The summed E-state index contributed by atoms with van der Waals surface area (Å²) >= 11 is 0. The molecule has 2 N–H and O–H groups in total. The second kappa shape index (κ2) is 7.87. The van der Waals surface area contributed by atoms with Crippen molar-refractivity contribution >= 4 is 17.8 Å². The van der Waals surface area contributed by atoms with Crippen LogP contribution in [0.15, 0.2) is 0 Å². The minimum Gasteiger partial charge on any atom is -0.480 e. The molecule has 20 heavy (non-hydrogen) atoms. The molecule has 0 aromatic carbocycles. The molecular weight excluding hydrogens is 260 g/mol. The van der Waals surface area contributed by atoms with Gasteiger partial charge in [0.25, 0.3) is 0 Å². The Morgan fingerprint density at radius 3 is 2.60 bits per heavy atom. The van der Waals surface area contributed by atoms with Gasteiger partial charge in [-0.1, -0.05) is 20.3 Å². The summed E-state index contributed by atoms with van der Waals surface area (Å²) in [7, 11) is 0. The van der Waals surface area contributed by atoms with Gasteiger partial charge in [0, 0.05) is 13.0 Å². The van der Waals surface area contributed by atoms with E-state index in [2.05, 4.69) is 5.32 Å². The maximum atomic E-state index is 11.9. The quantitative estimate of drug-likeness (QED) is 0.762. The van der Waals surface area contributed by atoms with Crippen LogP contribution < -0.4 is 5.32 Å². The van der Waals surface area contributed by atoms with Crippen LogP contribution in [0.1, 0.15) is 46.0 Å². The smallest absolute Gasteiger partial charge is 0.326 e. The molecule has 6 heteroatoms. The Morgan fingerprint density at radius 2 is 2.00 bits per heavy atom. The van der Waals surface area contributed by atoms with Crippen LogP contribution in [-0.2, 0) is 14.4 Å². The highest BCUT2D eigenvalue weighted by molar-refractivity contribution is 5.88. The number of nitrogens with zero attached hydrogens (tertiary/aromatic N) is 1. The van der Waals surface area contributed by atoms with Gasteiger partial charge in [-0.05, 0) is 25.2 Å². The molecule has 2 amide bonds. The number of carbonyl (C=O) groups is 3. The minimum absolute atomic E-state index is 0.0200. The van der Waals surface area contributed by atoms with Gasteiger partial charge in [-0.2, -0.15) is 0 Å². The van der Waals surface area contributed by atoms with Crippen molar-refractivity contribution in [3.05, 3.63) is 0 Å². The summed E-state index contributed by atoms with van der Waals surface area (Å²) in [6, 6.07) is -0.885. The van der Waals surface area contributed by atoms with Gasteiger partial charge in [-0.3, -0.25) is 9.59 Å². The van der Waals surface area contributed by atoms with Crippen molar-refractivity contribution < 1.29 is 19.5 Å². The first-order chi connectivity index (χ1) is 9.40. The van der Waals surface area contributed by atoms with E-state index in [0.29, 0.717) is 19.4 Å². The lowest BCUT2D eigenvalue weighted by molar-refractivity contribution is -0.143. The number of carboxylic acids is 1. The van der Waals surface area contributed by atoms with E-state index >= 15 is 0 Å². The van der Waals surface area contributed by atoms with Crippen LogP contribution >= 0.6 is 0 Å². The number of likely N-dealkylation sites (tertiary alicyclic amines) is 1. The van der Waals surface area contributed by atoms with Crippen LogP contribution in [0.25, 0.3) is 0 Å². The molecule has 0 aliphatic carbocycles. The van der Waals surface area contributed by atoms with Crippen molar-refractivity contribution in [2.75, 3.05) is 13.1 Å². The maximum Gasteiger partial charge on any atom is 0.326 e. The second-order valence-corrected chi connectivity index (χ2v) is 5.71. The molecule has 0 bridgehead atoms. The van der Waals surface area contributed by atoms with Crippen LogP contribution in [0.4, 0.5) is 0 Å². The Bertz CT molecular complexity index is 362. The second-order valence-electron chi connectivity index (χ2n) is 5.71. The van der Waals surface area contributed by atoms with Crippen LogP contribution in [0.5, 0.6) is 0 Å². The fourth-order valence-corrected chi connectivity index (χ4v) is 2.31. The molecule has 1 aliphatic rings. The number of carbonyl (C=O) groups excluding carboxylic acids is 2. The minimum atomic E-state index is -1.03. The summed E-state index contributed by atoms with van der Waals surface area (Å²) in [5.41, 5.74) is 0. The largest absolute Gasteiger partial charge is 0.480 e. The molecule has 6 nitrogen and oxygen atoms in total. The van der Waals surface area contributed by atoms with Crippen LogP contribution in [-0.4, -0.2) is 46.9 Å². The fraction of sp³-hybridized carbons (Fsp3) is 0.786. The molecule has 1 heterocycles. The SMILES string of the molecule is CC(C)C[C@@H](NC(=O)CN1CCCCCC1=O)C(=O)O. The Kier molecular flexibility index (Phi) is 6.48. The number of aliphatic carboxylic acids is 1. The summed E-state index contributed by atoms with van der Waals surface area (Å²) in [6.45, 7) is 4.34. The predicted molar refractivity (Wildman–Crippen MR) is 74.1 cm³/mol. The first-order valence-corrected chi connectivity index (χ1v) is 7.20. The zero-order valence-electron chi connectivity index (χ0n) is 12.2. The van der Waals surface area contributed by atoms with Crippen molar-refractivity contribution in [1.29, 1.82) is 0 Å². The number of carboxylic acid groups (broad SMARTS) is 1. The van der Waals surface area contributed by atoms with E-state index in [1.807, 2.05) is 13.8 Å². The average Bonchev–Trinajstić information content (AvgIpc) is 2.53. The highest BCUT2D eigenvalue weighted by atomic mass is 16.4. The van der Waals surface area contributed by atoms with Gasteiger partial charge in [0.1, 0.15) is 6.04 Å². The van der Waals surface area contributed by atoms with E-state index in [-0.39, 0.29) is 18.4 Å². The van der Waals surface area contributed by atoms with Gasteiger partial charge in [-0.15, -0.1) is 0 Å². The van der Waals surface area contributed by atoms with Crippen molar-refractivity contribution in [3.8, 4) is 0 Å². The molecule has 0 aromatic heterocycles. The first kappa shape index (κ1) is 16.5. The zero-order valence-corrected chi connectivity index (χ0v) is 12.2. The number of hydrogen-bond acceptors (Lipinski definition) is 3. The Hall–Kier alpha value is -1.59. The average molecular weight is 284 g/mol. The van der Waals surface area contributed by atoms with E-state index in [1.165, 1.54) is 4.90 Å². The van der Waals surface area contributed by atoms with E-state index in [9.17, 15) is 14.4 Å². The van der Waals surface area contributed by atoms with Crippen molar-refractivity contribution in [2.45, 2.75) is 52.0 Å². The number of hydrogen-bond donors (Lipinski definition) is 2. The summed E-state index contributed by atoms with van der Waals surface area (Å²) in [5, 5.41) is 11.6. The van der Waals surface area contributed by atoms with Gasteiger partial charge >= 0.3 is 5.97 Å². The maximum absolute atomic E-state index is 11.9. The third kappa shape index (κ3) is 5.59. The van der Waals surface area contributed by atoms with Crippen LogP contribution in [0.2, 0.25) is 0 Å². The first-order valence-electron chi connectivity index (χ1n) is 7.20. The van der Waals surface area contributed by atoms with Crippen LogP contribution in [0.3, 0.4) is 0 Å². The van der Waals surface area contributed by atoms with Crippen molar-refractivity contribution in [3.63, 3.8) is 0 Å². The fourth-order valence-electron chi connectivity index (χ4n) is 2.31. The van der Waals surface area contributed by atoms with Gasteiger partial charge < -0.3 is 15.3 Å². The molecule has 114 valence electrons. The predicted octanol–water partition coefficient (Wildman–Crippen LogP) is 1.00. The van der Waals surface area contributed by atoms with Gasteiger partial charge in [-0.25, -0.2) is 4.79 Å². The molecule has 0 saturated carbocycles.